The van der Waals surface area contributed by atoms with Gasteiger partial charge >= 0.3 is 5.97 Å². The van der Waals surface area contributed by atoms with Crippen LogP contribution in [0.2, 0.25) is 10.0 Å². The fourth-order valence-corrected chi connectivity index (χ4v) is 3.73. The molecule has 1 amide bonds. The van der Waals surface area contributed by atoms with Crippen LogP contribution in [0.4, 0.5) is 5.69 Å². The normalized spacial score (nSPS) is 11.1. The van der Waals surface area contributed by atoms with Crippen molar-refractivity contribution in [3.8, 4) is 11.8 Å². The summed E-state index contributed by atoms with van der Waals surface area (Å²) in [6.07, 6.45) is 1.53. The summed E-state index contributed by atoms with van der Waals surface area (Å²) in [6, 6.07) is 15.7. The molecule has 168 valence electrons. The minimum atomic E-state index is -0.592. The molecule has 0 bridgehead atoms. The summed E-state index contributed by atoms with van der Waals surface area (Å²) in [4.78, 5) is 24.6. The summed E-state index contributed by atoms with van der Waals surface area (Å²) in [6.45, 7) is 5.87. The Balaban J connectivity index is 1.90. The fourth-order valence-electron chi connectivity index (χ4n) is 3.39. The number of nitrogens with one attached hydrogen (secondary N) is 1. The van der Waals surface area contributed by atoms with Crippen LogP contribution in [0.15, 0.2) is 54.1 Å². The number of amides is 1. The molecular formula is C25H21Cl2N3O3. The van der Waals surface area contributed by atoms with Crippen molar-refractivity contribution in [1.29, 1.82) is 5.26 Å². The van der Waals surface area contributed by atoms with Gasteiger partial charge in [-0.3, -0.25) is 4.79 Å². The molecule has 0 aliphatic heterocycles. The summed E-state index contributed by atoms with van der Waals surface area (Å²) >= 11 is 12.1. The molecule has 0 spiro atoms. The second-order valence-electron chi connectivity index (χ2n) is 7.15. The lowest BCUT2D eigenvalue weighted by atomic mass is 10.1. The van der Waals surface area contributed by atoms with E-state index in [4.69, 9.17) is 27.9 Å². The van der Waals surface area contributed by atoms with Crippen molar-refractivity contribution in [2.24, 2.45) is 0 Å². The lowest BCUT2D eigenvalue weighted by molar-refractivity contribution is -0.112. The summed E-state index contributed by atoms with van der Waals surface area (Å²) in [5, 5.41) is 12.7. The Hall–Kier alpha value is -3.53. The number of nitriles is 1. The number of aromatic nitrogens is 1. The molecule has 0 saturated carbocycles. The smallest absolute Gasteiger partial charge is 0.338 e. The van der Waals surface area contributed by atoms with Crippen LogP contribution in [0, 0.1) is 25.2 Å². The van der Waals surface area contributed by atoms with Crippen molar-refractivity contribution in [1.82, 2.24) is 4.57 Å². The number of esters is 1. The maximum absolute atomic E-state index is 12.7. The highest BCUT2D eigenvalue weighted by Crippen LogP contribution is 2.30. The molecule has 0 unspecified atom stereocenters. The first-order valence-corrected chi connectivity index (χ1v) is 10.9. The van der Waals surface area contributed by atoms with Crippen molar-refractivity contribution >= 4 is 46.8 Å². The largest absolute Gasteiger partial charge is 0.462 e. The second-order valence-corrected chi connectivity index (χ2v) is 7.94. The average Bonchev–Trinajstić information content (AvgIpc) is 3.08. The summed E-state index contributed by atoms with van der Waals surface area (Å²) in [5.74, 6) is -0.969. The fraction of sp³-hybridized carbons (Fsp3) is 0.160. The van der Waals surface area contributed by atoms with Crippen LogP contribution in [-0.4, -0.2) is 23.1 Å². The predicted molar refractivity (Wildman–Crippen MR) is 130 cm³/mol. The number of anilines is 1. The third-order valence-electron chi connectivity index (χ3n) is 4.97. The number of ether oxygens (including phenoxy) is 1. The Morgan fingerprint density at radius 3 is 2.48 bits per heavy atom. The number of hydrogen-bond donors (Lipinski definition) is 1. The van der Waals surface area contributed by atoms with E-state index in [1.54, 1.807) is 37.3 Å². The number of rotatable bonds is 6. The first kappa shape index (κ1) is 24.1. The lowest BCUT2D eigenvalue weighted by Crippen LogP contribution is -2.13. The molecule has 1 heterocycles. The Kier molecular flexibility index (Phi) is 7.59. The third kappa shape index (κ3) is 5.28. The molecule has 0 radical (unpaired) electrons. The van der Waals surface area contributed by atoms with E-state index in [0.29, 0.717) is 28.4 Å². The highest BCUT2D eigenvalue weighted by atomic mass is 35.5. The molecule has 0 aliphatic rings. The molecule has 6 nitrogen and oxygen atoms in total. The maximum Gasteiger partial charge on any atom is 0.338 e. The van der Waals surface area contributed by atoms with Crippen LogP contribution in [0.3, 0.4) is 0 Å². The van der Waals surface area contributed by atoms with Gasteiger partial charge in [-0.1, -0.05) is 29.3 Å². The molecule has 1 aromatic heterocycles. The van der Waals surface area contributed by atoms with Crippen LogP contribution in [0.1, 0.15) is 34.2 Å². The van der Waals surface area contributed by atoms with Crippen LogP contribution in [-0.2, 0) is 9.53 Å². The van der Waals surface area contributed by atoms with Gasteiger partial charge in [-0.2, -0.15) is 5.26 Å². The summed E-state index contributed by atoms with van der Waals surface area (Å²) in [5.41, 5.74) is 3.99. The number of benzene rings is 2. The van der Waals surface area contributed by atoms with Crippen LogP contribution in [0.5, 0.6) is 0 Å². The molecule has 0 atom stereocenters. The molecule has 33 heavy (non-hydrogen) atoms. The van der Waals surface area contributed by atoms with Gasteiger partial charge in [0.1, 0.15) is 11.6 Å². The highest BCUT2D eigenvalue weighted by molar-refractivity contribution is 6.44. The van der Waals surface area contributed by atoms with E-state index in [0.717, 1.165) is 17.1 Å². The first-order valence-electron chi connectivity index (χ1n) is 10.1. The number of aryl methyl sites for hydroxylation is 1. The lowest BCUT2D eigenvalue weighted by Gasteiger charge is -2.11. The van der Waals surface area contributed by atoms with Gasteiger partial charge in [-0.05, 0) is 74.9 Å². The number of carbonyl (C=O) groups excluding carboxylic acids is 2. The van der Waals surface area contributed by atoms with Crippen molar-refractivity contribution in [3.63, 3.8) is 0 Å². The van der Waals surface area contributed by atoms with Gasteiger partial charge in [0.2, 0.25) is 0 Å². The van der Waals surface area contributed by atoms with Gasteiger partial charge in [0, 0.05) is 17.1 Å². The molecule has 0 saturated heterocycles. The summed E-state index contributed by atoms with van der Waals surface area (Å²) < 4.78 is 7.00. The molecular weight excluding hydrogens is 461 g/mol. The number of halogens is 2. The molecule has 0 fully saturated rings. The molecule has 1 N–H and O–H groups in total. The van der Waals surface area contributed by atoms with E-state index in [9.17, 15) is 14.9 Å². The minimum absolute atomic E-state index is 0.0797. The van der Waals surface area contributed by atoms with Gasteiger partial charge in [0.05, 0.1) is 27.9 Å². The van der Waals surface area contributed by atoms with E-state index in [2.05, 4.69) is 5.32 Å². The van der Waals surface area contributed by atoms with Crippen LogP contribution in [0.25, 0.3) is 11.8 Å². The zero-order valence-electron chi connectivity index (χ0n) is 18.3. The Bertz CT molecular complexity index is 1290. The standard InChI is InChI=1S/C25H21Cl2N3O3/c1-4-33-25(32)17-8-10-20(11-9-17)30-15(2)12-18(16(30)3)13-19(14-28)24(31)29-22-7-5-6-21(26)23(22)27/h5-13H,4H2,1-3H3,(H,29,31)/b19-13-. The molecule has 8 heteroatoms. The van der Waals surface area contributed by atoms with Gasteiger partial charge < -0.3 is 14.6 Å². The second kappa shape index (κ2) is 10.4. The number of hydrogen-bond acceptors (Lipinski definition) is 4. The van der Waals surface area contributed by atoms with Crippen LogP contribution < -0.4 is 5.32 Å². The Morgan fingerprint density at radius 2 is 1.85 bits per heavy atom. The molecule has 2 aromatic carbocycles. The van der Waals surface area contributed by atoms with Crippen LogP contribution >= 0.6 is 23.2 Å². The predicted octanol–water partition coefficient (Wildman–Crippen LogP) is 6.12. The number of carbonyl (C=O) groups is 2. The van der Waals surface area contributed by atoms with Gasteiger partial charge in [0.15, 0.2) is 0 Å². The average molecular weight is 482 g/mol. The zero-order chi connectivity index (χ0) is 24.1. The van der Waals surface area contributed by atoms with E-state index in [-0.39, 0.29) is 16.6 Å². The zero-order valence-corrected chi connectivity index (χ0v) is 19.8. The van der Waals surface area contributed by atoms with E-state index in [1.165, 1.54) is 6.08 Å². The SMILES string of the molecule is CCOC(=O)c1ccc(-n2c(C)cc(/C=C(/C#N)C(=O)Nc3cccc(Cl)c3Cl)c2C)cc1. The Labute approximate surface area is 202 Å². The van der Waals surface area contributed by atoms with Crippen molar-refractivity contribution in [2.75, 3.05) is 11.9 Å². The van der Waals surface area contributed by atoms with E-state index in [1.807, 2.05) is 42.7 Å². The van der Waals surface area contributed by atoms with Crippen molar-refractivity contribution in [3.05, 3.63) is 86.7 Å². The summed E-state index contributed by atoms with van der Waals surface area (Å²) in [7, 11) is 0. The maximum atomic E-state index is 12.7. The monoisotopic (exact) mass is 481 g/mol. The Morgan fingerprint density at radius 1 is 1.15 bits per heavy atom. The molecule has 0 aliphatic carbocycles. The van der Waals surface area contributed by atoms with E-state index < -0.39 is 5.91 Å². The molecule has 3 rings (SSSR count). The van der Waals surface area contributed by atoms with Crippen molar-refractivity contribution in [2.45, 2.75) is 20.8 Å². The van der Waals surface area contributed by atoms with Crippen molar-refractivity contribution < 1.29 is 14.3 Å². The minimum Gasteiger partial charge on any atom is -0.462 e. The van der Waals surface area contributed by atoms with Gasteiger partial charge in [-0.15, -0.1) is 0 Å². The number of nitrogens with zero attached hydrogens (tertiary/aromatic N) is 2. The topological polar surface area (TPSA) is 84.1 Å². The van der Waals surface area contributed by atoms with E-state index >= 15 is 0 Å². The molecule has 3 aromatic rings. The van der Waals surface area contributed by atoms with Gasteiger partial charge in [-0.25, -0.2) is 4.79 Å². The van der Waals surface area contributed by atoms with Gasteiger partial charge in [0.25, 0.3) is 5.91 Å². The highest BCUT2D eigenvalue weighted by Gasteiger charge is 2.16. The quantitative estimate of drug-likeness (QED) is 0.261. The third-order valence-corrected chi connectivity index (χ3v) is 5.79. The first-order chi connectivity index (χ1) is 15.8.